The topological polar surface area (TPSA) is 68.2 Å². The number of halogens is 1. The van der Waals surface area contributed by atoms with Crippen LogP contribution in [0, 0.1) is 17.1 Å². The Labute approximate surface area is 117 Å². The number of hydrogen-bond acceptors (Lipinski definition) is 3. The van der Waals surface area contributed by atoms with Crippen molar-refractivity contribution in [2.45, 2.75) is 18.4 Å². The van der Waals surface area contributed by atoms with Crippen LogP contribution in [-0.4, -0.2) is 36.6 Å². The van der Waals surface area contributed by atoms with Gasteiger partial charge in [-0.3, -0.25) is 0 Å². The van der Waals surface area contributed by atoms with Crippen LogP contribution in [0.3, 0.4) is 0 Å². The lowest BCUT2D eigenvalue weighted by molar-refractivity contribution is 0.193. The van der Waals surface area contributed by atoms with Crippen LogP contribution >= 0.6 is 0 Å². The lowest BCUT2D eigenvalue weighted by Crippen LogP contribution is -2.54. The fraction of sp³-hybridized carbons (Fsp3) is 0.429. The highest BCUT2D eigenvalue weighted by atomic mass is 19.1. The van der Waals surface area contributed by atoms with Gasteiger partial charge in [0.2, 0.25) is 0 Å². The normalized spacial score (nSPS) is 18.1. The zero-order valence-electron chi connectivity index (χ0n) is 11.3. The monoisotopic (exact) mass is 276 g/mol. The van der Waals surface area contributed by atoms with Crippen molar-refractivity contribution in [3.63, 3.8) is 0 Å². The van der Waals surface area contributed by atoms with Gasteiger partial charge in [0, 0.05) is 18.8 Å². The molecular formula is C14H17FN4O. The summed E-state index contributed by atoms with van der Waals surface area (Å²) in [5, 5.41) is 14.7. The summed E-state index contributed by atoms with van der Waals surface area (Å²) in [4.78, 5) is 14.1. The van der Waals surface area contributed by atoms with Gasteiger partial charge >= 0.3 is 6.03 Å². The lowest BCUT2D eigenvalue weighted by atomic mass is 9.89. The van der Waals surface area contributed by atoms with Crippen molar-refractivity contribution < 1.29 is 9.18 Å². The maximum atomic E-state index is 12.8. The predicted molar refractivity (Wildman–Crippen MR) is 73.6 cm³/mol. The van der Waals surface area contributed by atoms with Crippen LogP contribution in [-0.2, 0) is 0 Å². The number of hydrogen-bond donors (Lipinski definition) is 2. The zero-order chi connectivity index (χ0) is 14.6. The molecule has 5 nitrogen and oxygen atoms in total. The minimum Gasteiger partial charge on any atom is -0.319 e. The molecular weight excluding hydrogens is 259 g/mol. The maximum absolute atomic E-state index is 12.8. The Kier molecular flexibility index (Phi) is 4.20. The van der Waals surface area contributed by atoms with E-state index in [1.165, 1.54) is 24.3 Å². The van der Waals surface area contributed by atoms with Gasteiger partial charge in [-0.05, 0) is 44.2 Å². The van der Waals surface area contributed by atoms with Gasteiger partial charge in [-0.15, -0.1) is 0 Å². The van der Waals surface area contributed by atoms with E-state index in [2.05, 4.69) is 21.6 Å². The highest BCUT2D eigenvalue weighted by Gasteiger charge is 2.35. The molecule has 0 aromatic heterocycles. The average molecular weight is 276 g/mol. The summed E-state index contributed by atoms with van der Waals surface area (Å²) in [5.74, 6) is -0.361. The van der Waals surface area contributed by atoms with Gasteiger partial charge in [-0.1, -0.05) is 0 Å². The number of rotatable bonds is 2. The first-order valence-corrected chi connectivity index (χ1v) is 6.47. The second-order valence-corrected chi connectivity index (χ2v) is 5.08. The predicted octanol–water partition coefficient (Wildman–Crippen LogP) is 1.94. The number of nitrogens with zero attached hydrogens (tertiary/aromatic N) is 2. The summed E-state index contributed by atoms with van der Waals surface area (Å²) >= 11 is 0. The van der Waals surface area contributed by atoms with E-state index >= 15 is 0 Å². The molecule has 1 saturated heterocycles. The van der Waals surface area contributed by atoms with E-state index in [9.17, 15) is 14.4 Å². The van der Waals surface area contributed by atoms with E-state index in [4.69, 9.17) is 0 Å². The summed E-state index contributed by atoms with van der Waals surface area (Å²) in [6.07, 6.45) is 1.19. The number of carbonyl (C=O) groups is 1. The van der Waals surface area contributed by atoms with Gasteiger partial charge in [-0.25, -0.2) is 9.18 Å². The molecule has 1 aliphatic heterocycles. The maximum Gasteiger partial charge on any atom is 0.320 e. The van der Waals surface area contributed by atoms with Crippen molar-refractivity contribution in [2.24, 2.45) is 0 Å². The van der Waals surface area contributed by atoms with E-state index in [-0.39, 0.29) is 5.82 Å². The molecule has 0 unspecified atom stereocenters. The number of nitriles is 1. The summed E-state index contributed by atoms with van der Waals surface area (Å²) in [5.41, 5.74) is -0.332. The van der Waals surface area contributed by atoms with Crippen LogP contribution in [0.15, 0.2) is 24.3 Å². The van der Waals surface area contributed by atoms with Crippen molar-refractivity contribution in [1.29, 1.82) is 5.26 Å². The highest BCUT2D eigenvalue weighted by Crippen LogP contribution is 2.21. The molecule has 2 amide bonds. The van der Waals surface area contributed by atoms with E-state index < -0.39 is 11.6 Å². The fourth-order valence-electron chi connectivity index (χ4n) is 2.18. The second kappa shape index (κ2) is 5.88. The smallest absolute Gasteiger partial charge is 0.319 e. The summed E-state index contributed by atoms with van der Waals surface area (Å²) in [7, 11) is 1.99. The number of carbonyl (C=O) groups excluding carboxylic acids is 1. The lowest BCUT2D eigenvalue weighted by Gasteiger charge is -2.35. The number of anilines is 1. The molecule has 20 heavy (non-hydrogen) atoms. The van der Waals surface area contributed by atoms with Crippen LogP contribution in [0.2, 0.25) is 0 Å². The average Bonchev–Trinajstić information content (AvgIpc) is 2.44. The molecule has 6 heteroatoms. The molecule has 2 rings (SSSR count). The molecule has 0 bridgehead atoms. The van der Waals surface area contributed by atoms with Gasteiger partial charge in [-0.2, -0.15) is 5.26 Å². The van der Waals surface area contributed by atoms with Gasteiger partial charge in [0.15, 0.2) is 0 Å². The Hall–Kier alpha value is -2.13. The quantitative estimate of drug-likeness (QED) is 0.867. The van der Waals surface area contributed by atoms with Crippen molar-refractivity contribution in [2.75, 3.05) is 25.5 Å². The van der Waals surface area contributed by atoms with Crippen molar-refractivity contribution in [3.05, 3.63) is 30.1 Å². The molecule has 1 aromatic rings. The third kappa shape index (κ3) is 3.45. The van der Waals surface area contributed by atoms with E-state index in [0.717, 1.165) is 13.1 Å². The summed E-state index contributed by atoms with van der Waals surface area (Å²) in [6, 6.07) is 7.25. The molecule has 0 saturated carbocycles. The first kappa shape index (κ1) is 14.3. The van der Waals surface area contributed by atoms with Crippen molar-refractivity contribution in [3.8, 4) is 6.07 Å². The molecule has 2 N–H and O–H groups in total. The third-order valence-electron chi connectivity index (χ3n) is 3.51. The number of urea groups is 1. The van der Waals surface area contributed by atoms with Gasteiger partial charge in [0.25, 0.3) is 0 Å². The van der Waals surface area contributed by atoms with Gasteiger partial charge < -0.3 is 15.5 Å². The largest absolute Gasteiger partial charge is 0.320 e. The molecule has 1 aliphatic rings. The summed E-state index contributed by atoms with van der Waals surface area (Å²) < 4.78 is 12.8. The highest BCUT2D eigenvalue weighted by molar-refractivity contribution is 5.90. The minimum absolute atomic E-state index is 0.361. The zero-order valence-corrected chi connectivity index (χ0v) is 11.3. The van der Waals surface area contributed by atoms with E-state index in [1.54, 1.807) is 0 Å². The molecule has 1 aromatic carbocycles. The van der Waals surface area contributed by atoms with E-state index in [0.29, 0.717) is 18.5 Å². The SMILES string of the molecule is CN1CCC(C#N)(NC(=O)Nc2ccc(F)cc2)CC1. The minimum atomic E-state index is -0.823. The first-order valence-electron chi connectivity index (χ1n) is 6.47. The first-order chi connectivity index (χ1) is 9.53. The Balaban J connectivity index is 1.96. The second-order valence-electron chi connectivity index (χ2n) is 5.08. The van der Waals surface area contributed by atoms with Crippen LogP contribution < -0.4 is 10.6 Å². The van der Waals surface area contributed by atoms with Crippen LogP contribution in [0.4, 0.5) is 14.9 Å². The van der Waals surface area contributed by atoms with Crippen LogP contribution in [0.5, 0.6) is 0 Å². The number of nitrogens with one attached hydrogen (secondary N) is 2. The third-order valence-corrected chi connectivity index (χ3v) is 3.51. The number of amides is 2. The number of benzene rings is 1. The molecule has 1 fully saturated rings. The van der Waals surface area contributed by atoms with Gasteiger partial charge in [0.1, 0.15) is 11.4 Å². The number of piperidine rings is 1. The van der Waals surface area contributed by atoms with Crippen LogP contribution in [0.25, 0.3) is 0 Å². The summed E-state index contributed by atoms with van der Waals surface area (Å²) in [6.45, 7) is 1.54. The molecule has 0 radical (unpaired) electrons. The molecule has 0 aliphatic carbocycles. The molecule has 106 valence electrons. The van der Waals surface area contributed by atoms with Crippen molar-refractivity contribution >= 4 is 11.7 Å². The number of likely N-dealkylation sites (tertiary alicyclic amines) is 1. The standard InChI is InChI=1S/C14H17FN4O/c1-19-8-6-14(10-16,7-9-19)18-13(20)17-12-4-2-11(15)3-5-12/h2-5H,6-9H2,1H3,(H2,17,18,20). The Morgan fingerprint density at radius 3 is 2.50 bits per heavy atom. The molecule has 0 atom stereocenters. The Bertz CT molecular complexity index is 515. The molecule has 1 heterocycles. The Morgan fingerprint density at radius 1 is 1.35 bits per heavy atom. The van der Waals surface area contributed by atoms with Crippen molar-refractivity contribution in [1.82, 2.24) is 10.2 Å². The fourth-order valence-corrected chi connectivity index (χ4v) is 2.18. The van der Waals surface area contributed by atoms with Crippen LogP contribution in [0.1, 0.15) is 12.8 Å². The van der Waals surface area contributed by atoms with E-state index in [1.807, 2.05) is 7.05 Å². The van der Waals surface area contributed by atoms with Gasteiger partial charge in [0.05, 0.1) is 6.07 Å². The molecule has 0 spiro atoms. The Morgan fingerprint density at radius 2 is 1.95 bits per heavy atom.